The number of nitrogens with one attached hydrogen (secondary N) is 2. The Kier molecular flexibility index (Phi) is 19.0. The lowest BCUT2D eigenvalue weighted by Gasteiger charge is -2.71. The van der Waals surface area contributed by atoms with Crippen molar-refractivity contribution in [2.45, 2.75) is 196 Å². The van der Waals surface area contributed by atoms with Gasteiger partial charge >= 0.3 is 5.97 Å². The fourth-order valence-corrected chi connectivity index (χ4v) is 14.1. The second-order valence-corrected chi connectivity index (χ2v) is 22.3. The summed E-state index contributed by atoms with van der Waals surface area (Å²) in [5.41, 5.74) is 0.994. The van der Waals surface area contributed by atoms with E-state index in [0.717, 1.165) is 96.3 Å². The molecule has 65 heavy (non-hydrogen) atoms. The maximum absolute atomic E-state index is 14.8. The molecule has 11 atom stereocenters. The molecular weight excluding hydrogens is 805 g/mol. The molecule has 2 amide bonds. The topological polar surface area (TPSA) is 116 Å². The Bertz CT molecular complexity index is 1820. The van der Waals surface area contributed by atoms with E-state index < -0.39 is 17.4 Å². The van der Waals surface area contributed by atoms with Crippen molar-refractivity contribution in [1.29, 1.82) is 0 Å². The largest absolute Gasteiger partial charge is 0.480 e. The van der Waals surface area contributed by atoms with E-state index in [2.05, 4.69) is 145 Å². The predicted molar refractivity (Wildman–Crippen MR) is 269 cm³/mol. The lowest BCUT2D eigenvalue weighted by molar-refractivity contribution is -0.204. The van der Waals surface area contributed by atoms with Gasteiger partial charge in [-0.3, -0.25) is 9.59 Å². The van der Waals surface area contributed by atoms with Crippen LogP contribution in [0.2, 0.25) is 0 Å². The van der Waals surface area contributed by atoms with Crippen molar-refractivity contribution >= 4 is 17.8 Å². The van der Waals surface area contributed by atoms with Crippen LogP contribution < -0.4 is 10.6 Å². The van der Waals surface area contributed by atoms with Crippen LogP contribution in [0.25, 0.3) is 0 Å². The SMILES string of the molecule is CC/C=C\C/C=C\C/C=C\C/C=C\C/C=C\C/C=C\CCC(=O)NCCCCC(NC(=O)[C@]12CC[C@@H](C)[C@H](C)C1C1=CCC3[C@@]4(C)CC[C@H](O)C(C)(C)C4CC[C@@]3(C)[C@]1(C)CC2)C(=O)O. The third kappa shape index (κ3) is 11.8. The van der Waals surface area contributed by atoms with E-state index in [0.29, 0.717) is 62.3 Å². The zero-order valence-electron chi connectivity index (χ0n) is 42.0. The predicted octanol–water partition coefficient (Wildman–Crippen LogP) is 13.3. The second kappa shape index (κ2) is 23.5. The number of rotatable bonds is 22. The van der Waals surface area contributed by atoms with Crippen LogP contribution in [0.1, 0.15) is 184 Å². The number of aliphatic carboxylic acids is 1. The molecule has 0 aliphatic heterocycles. The highest BCUT2D eigenvalue weighted by Crippen LogP contribution is 2.75. The minimum atomic E-state index is -0.984. The highest BCUT2D eigenvalue weighted by Gasteiger charge is 2.69. The number of aliphatic hydroxyl groups excluding tert-OH is 1. The summed E-state index contributed by atoms with van der Waals surface area (Å²) in [7, 11) is 0. The molecule has 5 aliphatic rings. The highest BCUT2D eigenvalue weighted by atomic mass is 16.4. The van der Waals surface area contributed by atoms with Gasteiger partial charge in [0.2, 0.25) is 11.8 Å². The van der Waals surface area contributed by atoms with Crippen LogP contribution in [-0.2, 0) is 14.4 Å². The number of fused-ring (bicyclic) bond motifs is 7. The van der Waals surface area contributed by atoms with Crippen LogP contribution >= 0.6 is 0 Å². The molecule has 0 aromatic rings. The van der Waals surface area contributed by atoms with Crippen LogP contribution in [0.4, 0.5) is 0 Å². The first kappa shape index (κ1) is 52.5. The molecule has 5 rings (SSSR count). The van der Waals surface area contributed by atoms with Gasteiger partial charge in [0, 0.05) is 13.0 Å². The minimum Gasteiger partial charge on any atom is -0.480 e. The van der Waals surface area contributed by atoms with E-state index in [1.54, 1.807) is 0 Å². The van der Waals surface area contributed by atoms with E-state index in [1.807, 2.05) is 0 Å². The third-order valence-corrected chi connectivity index (χ3v) is 18.4. The van der Waals surface area contributed by atoms with Crippen molar-refractivity contribution in [1.82, 2.24) is 10.6 Å². The van der Waals surface area contributed by atoms with E-state index >= 15 is 0 Å². The minimum absolute atomic E-state index is 0.00318. The van der Waals surface area contributed by atoms with Gasteiger partial charge in [-0.15, -0.1) is 0 Å². The highest BCUT2D eigenvalue weighted by molar-refractivity contribution is 5.88. The third-order valence-electron chi connectivity index (χ3n) is 18.4. The Morgan fingerprint density at radius 3 is 1.94 bits per heavy atom. The molecule has 7 heteroatoms. The molecule has 4 fully saturated rings. The van der Waals surface area contributed by atoms with Crippen molar-refractivity contribution < 1.29 is 24.6 Å². The lowest BCUT2D eigenvalue weighted by atomic mass is 9.33. The molecule has 0 radical (unpaired) electrons. The zero-order chi connectivity index (χ0) is 47.3. The Labute approximate surface area is 395 Å². The summed E-state index contributed by atoms with van der Waals surface area (Å²) < 4.78 is 0. The summed E-state index contributed by atoms with van der Waals surface area (Å²) in [5, 5.41) is 27.6. The monoisotopic (exact) mass is 895 g/mol. The summed E-state index contributed by atoms with van der Waals surface area (Å²) in [6.45, 7) is 19.6. The van der Waals surface area contributed by atoms with Crippen molar-refractivity contribution in [2.75, 3.05) is 6.54 Å². The number of carboxylic acid groups (broad SMARTS) is 1. The molecule has 7 nitrogen and oxygen atoms in total. The van der Waals surface area contributed by atoms with E-state index in [9.17, 15) is 24.6 Å². The smallest absolute Gasteiger partial charge is 0.326 e. The van der Waals surface area contributed by atoms with E-state index in [-0.39, 0.29) is 45.5 Å². The fraction of sp³-hybridized carbons (Fsp3) is 0.707. The number of unbranched alkanes of at least 4 members (excludes halogenated alkanes) is 1. The molecule has 0 saturated heterocycles. The number of hydrogen-bond acceptors (Lipinski definition) is 4. The summed E-state index contributed by atoms with van der Waals surface area (Å²) in [4.78, 5) is 40.0. The molecule has 5 aliphatic carbocycles. The summed E-state index contributed by atoms with van der Waals surface area (Å²) >= 11 is 0. The fourth-order valence-electron chi connectivity index (χ4n) is 14.1. The molecule has 0 aromatic carbocycles. The molecule has 4 saturated carbocycles. The Morgan fingerprint density at radius 1 is 0.738 bits per heavy atom. The maximum Gasteiger partial charge on any atom is 0.326 e. The number of allylic oxidation sites excluding steroid dienone is 14. The van der Waals surface area contributed by atoms with Crippen molar-refractivity contribution in [3.63, 3.8) is 0 Å². The van der Waals surface area contributed by atoms with Crippen LogP contribution in [-0.4, -0.2) is 46.7 Å². The summed E-state index contributed by atoms with van der Waals surface area (Å²) in [6, 6.07) is -0.952. The number of hydrogen-bond donors (Lipinski definition) is 4. The van der Waals surface area contributed by atoms with Gasteiger partial charge in [-0.05, 0) is 173 Å². The van der Waals surface area contributed by atoms with Crippen LogP contribution in [0.15, 0.2) is 84.6 Å². The van der Waals surface area contributed by atoms with E-state index in [1.165, 1.54) is 5.57 Å². The molecule has 0 bridgehead atoms. The Hall–Kier alpha value is -3.45. The first-order valence-electron chi connectivity index (χ1n) is 26.1. The summed E-state index contributed by atoms with van der Waals surface area (Å²) in [6.07, 6.45) is 45.6. The normalized spacial score (nSPS) is 35.0. The van der Waals surface area contributed by atoms with Gasteiger partial charge < -0.3 is 20.8 Å². The van der Waals surface area contributed by atoms with Gasteiger partial charge in [-0.1, -0.05) is 140 Å². The maximum atomic E-state index is 14.8. The van der Waals surface area contributed by atoms with Crippen LogP contribution in [0, 0.1) is 56.7 Å². The molecule has 4 N–H and O–H groups in total. The summed E-state index contributed by atoms with van der Waals surface area (Å²) in [5.74, 6) is 0.866. The average molecular weight is 895 g/mol. The standard InChI is InChI=1S/C58H90N2O5/c1-9-10-11-12-13-14-15-16-17-18-19-20-21-22-23-24-25-26-27-31-50(62)59-42-29-28-30-46(52(63)64)60-53(65)58-39-34-43(2)44(3)51(58)45-32-33-48-55(6)37-36-49(61)54(4,5)47(55)35-38-57(48,8)56(45,7)40-41-58/h10-11,13-14,16-17,19-20,22-23,25-26,32,43-44,46-49,51,61H,9,12,15,18,21,24,27-31,33-42H2,1-8H3,(H,59,62)(H,60,65)(H,63,64)/b11-10-,14-13-,17-16-,20-19-,23-22-,26-25-/t43-,44+,46?,47?,48?,49+,51?,55+,56-,57-,58+/m1/s1. The number of carbonyl (C=O) groups excluding carboxylic acids is 2. The second-order valence-electron chi connectivity index (χ2n) is 22.3. The van der Waals surface area contributed by atoms with Gasteiger partial charge in [0.15, 0.2) is 0 Å². The first-order valence-corrected chi connectivity index (χ1v) is 26.1. The number of carboxylic acids is 1. The van der Waals surface area contributed by atoms with Crippen molar-refractivity contribution in [3.8, 4) is 0 Å². The first-order chi connectivity index (χ1) is 31.0. The van der Waals surface area contributed by atoms with Gasteiger partial charge in [0.1, 0.15) is 6.04 Å². The average Bonchev–Trinajstić information content (AvgIpc) is 3.26. The molecule has 4 unspecified atom stereocenters. The van der Waals surface area contributed by atoms with Crippen LogP contribution in [0.3, 0.4) is 0 Å². The van der Waals surface area contributed by atoms with E-state index in [4.69, 9.17) is 0 Å². The van der Waals surface area contributed by atoms with Crippen molar-refractivity contribution in [3.05, 3.63) is 84.6 Å². The molecule has 362 valence electrons. The quantitative estimate of drug-likeness (QED) is 0.0638. The molecule has 0 aromatic heterocycles. The molecular formula is C58H90N2O5. The van der Waals surface area contributed by atoms with Gasteiger partial charge in [-0.25, -0.2) is 4.79 Å². The van der Waals surface area contributed by atoms with Crippen LogP contribution in [0.5, 0.6) is 0 Å². The zero-order valence-corrected chi connectivity index (χ0v) is 42.0. The number of amides is 2. The lowest BCUT2D eigenvalue weighted by Crippen LogP contribution is -2.66. The molecule has 0 spiro atoms. The number of aliphatic hydroxyl groups is 1. The van der Waals surface area contributed by atoms with Crippen molar-refractivity contribution in [2.24, 2.45) is 56.7 Å². The van der Waals surface area contributed by atoms with Gasteiger partial charge in [0.25, 0.3) is 0 Å². The number of carbonyl (C=O) groups is 3. The molecule has 0 heterocycles. The van der Waals surface area contributed by atoms with Gasteiger partial charge in [-0.2, -0.15) is 0 Å². The Morgan fingerprint density at radius 2 is 1.34 bits per heavy atom. The van der Waals surface area contributed by atoms with Gasteiger partial charge in [0.05, 0.1) is 11.5 Å². The Balaban J connectivity index is 1.06.